The van der Waals surface area contributed by atoms with Crippen LogP contribution in [-0.2, 0) is 18.2 Å². The summed E-state index contributed by atoms with van der Waals surface area (Å²) in [4.78, 5) is 16.2. The van der Waals surface area contributed by atoms with Gasteiger partial charge in [-0.2, -0.15) is 0 Å². The molecule has 1 N–H and O–H groups in total. The van der Waals surface area contributed by atoms with Crippen LogP contribution in [0.15, 0.2) is 36.5 Å². The van der Waals surface area contributed by atoms with Gasteiger partial charge in [0.05, 0.1) is 5.69 Å². The Kier molecular flexibility index (Phi) is 4.85. The highest BCUT2D eigenvalue weighted by Gasteiger charge is 2.15. The second-order valence-electron chi connectivity index (χ2n) is 6.20. The maximum Gasteiger partial charge on any atom is 0.407 e. The molecular weight excluding hydrogens is 278 g/mol. The molecule has 0 aliphatic carbocycles. The first-order valence-corrected chi connectivity index (χ1v) is 7.40. The monoisotopic (exact) mass is 301 g/mol. The lowest BCUT2D eigenvalue weighted by Gasteiger charge is -2.19. The van der Waals surface area contributed by atoms with Gasteiger partial charge in [-0.3, -0.25) is 0 Å². The molecule has 0 fully saturated rings. The molecular formula is C17H23N3O2. The van der Waals surface area contributed by atoms with Crippen molar-refractivity contribution in [2.75, 3.05) is 6.54 Å². The van der Waals surface area contributed by atoms with Gasteiger partial charge in [-0.15, -0.1) is 0 Å². The summed E-state index contributed by atoms with van der Waals surface area (Å²) in [6.07, 6.45) is 2.26. The minimum atomic E-state index is -0.478. The van der Waals surface area contributed by atoms with E-state index in [4.69, 9.17) is 4.74 Å². The number of amides is 1. The molecule has 0 spiro atoms. The number of hydrogen-bond acceptors (Lipinski definition) is 3. The molecule has 1 heterocycles. The molecule has 22 heavy (non-hydrogen) atoms. The van der Waals surface area contributed by atoms with Crippen molar-refractivity contribution in [1.29, 1.82) is 0 Å². The van der Waals surface area contributed by atoms with Crippen molar-refractivity contribution < 1.29 is 9.53 Å². The van der Waals surface area contributed by atoms with E-state index in [0.29, 0.717) is 13.0 Å². The van der Waals surface area contributed by atoms with Crippen molar-refractivity contribution in [3.8, 4) is 11.3 Å². The van der Waals surface area contributed by atoms with Gasteiger partial charge in [0.2, 0.25) is 0 Å². The van der Waals surface area contributed by atoms with Crippen molar-refractivity contribution in [3.05, 3.63) is 42.4 Å². The van der Waals surface area contributed by atoms with Gasteiger partial charge >= 0.3 is 6.09 Å². The molecule has 0 aliphatic rings. The van der Waals surface area contributed by atoms with Gasteiger partial charge in [0.25, 0.3) is 0 Å². The number of benzene rings is 1. The summed E-state index contributed by atoms with van der Waals surface area (Å²) in [7, 11) is 1.96. The fourth-order valence-corrected chi connectivity index (χ4v) is 2.08. The molecule has 118 valence electrons. The van der Waals surface area contributed by atoms with Gasteiger partial charge in [-0.25, -0.2) is 9.78 Å². The Morgan fingerprint density at radius 2 is 1.95 bits per heavy atom. The lowest BCUT2D eigenvalue weighted by Crippen LogP contribution is -2.33. The molecule has 0 aliphatic heterocycles. The first kappa shape index (κ1) is 16.1. The number of imidazole rings is 1. The molecule has 5 nitrogen and oxygen atoms in total. The van der Waals surface area contributed by atoms with E-state index in [-0.39, 0.29) is 0 Å². The fraction of sp³-hybridized carbons (Fsp3) is 0.412. The summed E-state index contributed by atoms with van der Waals surface area (Å²) in [6.45, 7) is 6.03. The smallest absolute Gasteiger partial charge is 0.407 e. The zero-order chi connectivity index (χ0) is 16.2. The normalized spacial score (nSPS) is 11.3. The number of rotatable bonds is 4. The maximum atomic E-state index is 11.6. The van der Waals surface area contributed by atoms with Crippen molar-refractivity contribution in [3.63, 3.8) is 0 Å². The Hall–Kier alpha value is -2.30. The van der Waals surface area contributed by atoms with Crippen molar-refractivity contribution >= 4 is 6.09 Å². The highest BCUT2D eigenvalue weighted by Crippen LogP contribution is 2.17. The highest BCUT2D eigenvalue weighted by atomic mass is 16.6. The van der Waals surface area contributed by atoms with Gasteiger partial charge in [-0.1, -0.05) is 30.3 Å². The zero-order valence-corrected chi connectivity index (χ0v) is 13.6. The van der Waals surface area contributed by atoms with Crippen LogP contribution in [-0.4, -0.2) is 27.8 Å². The third-order valence-electron chi connectivity index (χ3n) is 3.06. The highest BCUT2D eigenvalue weighted by molar-refractivity contribution is 5.67. The van der Waals surface area contributed by atoms with E-state index in [9.17, 15) is 4.79 Å². The zero-order valence-electron chi connectivity index (χ0n) is 13.6. The molecule has 5 heteroatoms. The molecule has 0 atom stereocenters. The number of hydrogen-bond donors (Lipinski definition) is 1. The van der Waals surface area contributed by atoms with Gasteiger partial charge in [0.1, 0.15) is 11.4 Å². The number of carbonyl (C=O) groups is 1. The van der Waals surface area contributed by atoms with E-state index in [2.05, 4.69) is 10.3 Å². The number of aryl methyl sites for hydroxylation is 1. The fourth-order valence-electron chi connectivity index (χ4n) is 2.08. The second-order valence-corrected chi connectivity index (χ2v) is 6.20. The minimum absolute atomic E-state index is 0.398. The third-order valence-corrected chi connectivity index (χ3v) is 3.06. The molecule has 2 aromatic rings. The molecule has 0 radical (unpaired) electrons. The van der Waals surface area contributed by atoms with Crippen molar-refractivity contribution in [2.24, 2.45) is 7.05 Å². The first-order chi connectivity index (χ1) is 10.3. The van der Waals surface area contributed by atoms with Gasteiger partial charge < -0.3 is 14.6 Å². The van der Waals surface area contributed by atoms with Crippen molar-refractivity contribution in [2.45, 2.75) is 32.8 Å². The van der Waals surface area contributed by atoms with Crippen LogP contribution in [0, 0.1) is 0 Å². The Labute approximate surface area is 131 Å². The first-order valence-electron chi connectivity index (χ1n) is 7.40. The molecule has 0 bridgehead atoms. The largest absolute Gasteiger partial charge is 0.444 e. The molecule has 0 saturated heterocycles. The quantitative estimate of drug-likeness (QED) is 0.943. The average Bonchev–Trinajstić information content (AvgIpc) is 2.79. The van der Waals surface area contributed by atoms with Gasteiger partial charge in [0, 0.05) is 31.8 Å². The average molecular weight is 301 g/mol. The summed E-state index contributed by atoms with van der Waals surface area (Å²) >= 11 is 0. The van der Waals surface area contributed by atoms with Crippen LogP contribution in [0.25, 0.3) is 11.3 Å². The Balaban J connectivity index is 1.92. The van der Waals surface area contributed by atoms with Crippen LogP contribution in [0.1, 0.15) is 26.6 Å². The summed E-state index contributed by atoms with van der Waals surface area (Å²) in [5.74, 6) is 0.926. The van der Waals surface area contributed by atoms with Gasteiger partial charge in [-0.05, 0) is 20.8 Å². The standard InChI is InChI=1S/C17H23N3O2/c1-17(2,3)22-16(21)18-11-10-15-19-14(12-20(15)4)13-8-6-5-7-9-13/h5-9,12H,10-11H2,1-4H3,(H,18,21). The van der Waals surface area contributed by atoms with E-state index in [1.54, 1.807) is 0 Å². The van der Waals surface area contributed by atoms with Crippen LogP contribution in [0.5, 0.6) is 0 Å². The van der Waals surface area contributed by atoms with Crippen LogP contribution in [0.4, 0.5) is 4.79 Å². The van der Waals surface area contributed by atoms with Crippen molar-refractivity contribution in [1.82, 2.24) is 14.9 Å². The Morgan fingerprint density at radius 3 is 2.59 bits per heavy atom. The van der Waals surface area contributed by atoms with E-state index < -0.39 is 11.7 Å². The summed E-state index contributed by atoms with van der Waals surface area (Å²) < 4.78 is 7.19. The number of carbonyl (C=O) groups excluding carboxylic acids is 1. The number of aromatic nitrogens is 2. The van der Waals surface area contributed by atoms with E-state index >= 15 is 0 Å². The predicted molar refractivity (Wildman–Crippen MR) is 86.6 cm³/mol. The topological polar surface area (TPSA) is 56.2 Å². The summed E-state index contributed by atoms with van der Waals surface area (Å²) in [5, 5.41) is 2.75. The minimum Gasteiger partial charge on any atom is -0.444 e. The number of nitrogens with one attached hydrogen (secondary N) is 1. The number of nitrogens with zero attached hydrogens (tertiary/aromatic N) is 2. The Morgan fingerprint density at radius 1 is 1.27 bits per heavy atom. The molecule has 1 aromatic carbocycles. The number of alkyl carbamates (subject to hydrolysis) is 1. The van der Waals surface area contributed by atoms with Gasteiger partial charge in [0.15, 0.2) is 0 Å². The molecule has 0 saturated carbocycles. The molecule has 2 rings (SSSR count). The van der Waals surface area contributed by atoms with E-state index in [0.717, 1.165) is 17.1 Å². The Bertz CT molecular complexity index is 627. The van der Waals surface area contributed by atoms with Crippen LogP contribution < -0.4 is 5.32 Å². The maximum absolute atomic E-state index is 11.6. The van der Waals surface area contributed by atoms with E-state index in [1.165, 1.54) is 0 Å². The SMILES string of the molecule is Cn1cc(-c2ccccc2)nc1CCNC(=O)OC(C)(C)C. The molecule has 1 amide bonds. The molecule has 1 aromatic heterocycles. The number of ether oxygens (including phenoxy) is 1. The van der Waals surface area contributed by atoms with Crippen LogP contribution in [0.3, 0.4) is 0 Å². The second kappa shape index (κ2) is 6.64. The van der Waals surface area contributed by atoms with Crippen LogP contribution in [0.2, 0.25) is 0 Å². The molecule has 0 unspecified atom stereocenters. The lowest BCUT2D eigenvalue weighted by molar-refractivity contribution is 0.0528. The third kappa shape index (κ3) is 4.62. The predicted octanol–water partition coefficient (Wildman–Crippen LogP) is 3.15. The lowest BCUT2D eigenvalue weighted by atomic mass is 10.2. The van der Waals surface area contributed by atoms with E-state index in [1.807, 2.05) is 68.9 Å². The summed E-state index contributed by atoms with van der Waals surface area (Å²) in [6, 6.07) is 10.0. The summed E-state index contributed by atoms with van der Waals surface area (Å²) in [5.41, 5.74) is 1.55. The van der Waals surface area contributed by atoms with Crippen LogP contribution >= 0.6 is 0 Å².